The largest absolute Gasteiger partial charge is 0.480 e. The molecule has 0 aromatic rings. The summed E-state index contributed by atoms with van der Waals surface area (Å²) in [4.78, 5) is 27.4. The lowest BCUT2D eigenvalue weighted by Crippen LogP contribution is -2.53. The lowest BCUT2D eigenvalue weighted by Gasteiger charge is -2.33. The van der Waals surface area contributed by atoms with E-state index in [2.05, 4.69) is 17.3 Å². The number of rotatable bonds is 4. The fourth-order valence-corrected chi connectivity index (χ4v) is 2.60. The number of piperidine rings is 1. The second-order valence-electron chi connectivity index (χ2n) is 7.21. The van der Waals surface area contributed by atoms with Crippen LogP contribution in [0.3, 0.4) is 0 Å². The summed E-state index contributed by atoms with van der Waals surface area (Å²) >= 11 is 0. The van der Waals surface area contributed by atoms with Crippen LogP contribution < -0.4 is 5.32 Å². The lowest BCUT2D eigenvalue weighted by molar-refractivity contribution is -0.142. The molecular formula is C15H29N3O3. The number of urea groups is 1. The zero-order chi connectivity index (χ0) is 16.2. The van der Waals surface area contributed by atoms with Gasteiger partial charge in [0.2, 0.25) is 0 Å². The van der Waals surface area contributed by atoms with Crippen LogP contribution >= 0.6 is 0 Å². The highest BCUT2D eigenvalue weighted by Gasteiger charge is 2.33. The van der Waals surface area contributed by atoms with Gasteiger partial charge in [-0.25, -0.2) is 9.59 Å². The van der Waals surface area contributed by atoms with Crippen LogP contribution in [0.4, 0.5) is 4.79 Å². The monoisotopic (exact) mass is 299 g/mol. The molecule has 0 bridgehead atoms. The molecular weight excluding hydrogens is 270 g/mol. The van der Waals surface area contributed by atoms with Gasteiger partial charge in [0.25, 0.3) is 0 Å². The minimum Gasteiger partial charge on any atom is -0.480 e. The zero-order valence-corrected chi connectivity index (χ0v) is 13.8. The van der Waals surface area contributed by atoms with Crippen molar-refractivity contribution in [3.05, 3.63) is 0 Å². The topological polar surface area (TPSA) is 72.9 Å². The standard InChI is InChI=1S/C15H29N3O3/c1-15(2,3)12(13(19)20)16-14(21)18(5)10-11-6-8-17(4)9-7-11/h11-12H,6-10H2,1-5H3,(H,16,21)(H,19,20)/t12-/m0/s1. The summed E-state index contributed by atoms with van der Waals surface area (Å²) in [5.74, 6) is -0.501. The van der Waals surface area contributed by atoms with Crippen molar-refractivity contribution in [1.29, 1.82) is 0 Å². The quantitative estimate of drug-likeness (QED) is 0.824. The predicted octanol–water partition coefficient (Wildman–Crippen LogP) is 1.47. The first kappa shape index (κ1) is 17.8. The number of hydrogen-bond acceptors (Lipinski definition) is 3. The van der Waals surface area contributed by atoms with Crippen molar-refractivity contribution in [2.24, 2.45) is 11.3 Å². The summed E-state index contributed by atoms with van der Waals surface area (Å²) in [5.41, 5.74) is -0.518. The second-order valence-corrected chi connectivity index (χ2v) is 7.21. The van der Waals surface area contributed by atoms with E-state index < -0.39 is 17.4 Å². The Morgan fingerprint density at radius 1 is 1.33 bits per heavy atom. The summed E-state index contributed by atoms with van der Waals surface area (Å²) in [6.07, 6.45) is 2.16. The Morgan fingerprint density at radius 3 is 2.29 bits per heavy atom. The predicted molar refractivity (Wildman–Crippen MR) is 82.3 cm³/mol. The molecule has 1 heterocycles. The van der Waals surface area contributed by atoms with Crippen LogP contribution in [0.25, 0.3) is 0 Å². The van der Waals surface area contributed by atoms with Gasteiger partial charge in [0.05, 0.1) is 0 Å². The number of carbonyl (C=O) groups excluding carboxylic acids is 1. The number of aliphatic carboxylic acids is 1. The molecule has 1 saturated heterocycles. The van der Waals surface area contributed by atoms with Crippen molar-refractivity contribution in [1.82, 2.24) is 15.1 Å². The number of hydrogen-bond donors (Lipinski definition) is 2. The van der Waals surface area contributed by atoms with Crippen molar-refractivity contribution in [3.63, 3.8) is 0 Å². The van der Waals surface area contributed by atoms with E-state index in [-0.39, 0.29) is 6.03 Å². The Hall–Kier alpha value is -1.30. The molecule has 1 aliphatic rings. The van der Waals surface area contributed by atoms with E-state index in [0.29, 0.717) is 12.5 Å². The maximum absolute atomic E-state index is 12.2. The molecule has 0 spiro atoms. The summed E-state index contributed by atoms with van der Waals surface area (Å²) < 4.78 is 0. The number of nitrogens with one attached hydrogen (secondary N) is 1. The normalized spacial score (nSPS) is 19.1. The van der Waals surface area contributed by atoms with Gasteiger partial charge in [0.15, 0.2) is 0 Å². The van der Waals surface area contributed by atoms with E-state index in [1.807, 2.05) is 20.8 Å². The molecule has 1 fully saturated rings. The second kappa shape index (κ2) is 7.11. The van der Waals surface area contributed by atoms with Gasteiger partial charge in [0, 0.05) is 13.6 Å². The highest BCUT2D eigenvalue weighted by molar-refractivity contribution is 5.83. The Morgan fingerprint density at radius 2 is 1.86 bits per heavy atom. The maximum atomic E-state index is 12.2. The summed E-state index contributed by atoms with van der Waals surface area (Å²) in [5, 5.41) is 11.9. The van der Waals surface area contributed by atoms with Crippen molar-refractivity contribution in [2.75, 3.05) is 33.7 Å². The number of nitrogens with zero attached hydrogens (tertiary/aromatic N) is 2. The van der Waals surface area contributed by atoms with Gasteiger partial charge in [-0.05, 0) is 44.3 Å². The van der Waals surface area contributed by atoms with E-state index in [4.69, 9.17) is 0 Å². The first-order valence-electron chi connectivity index (χ1n) is 7.54. The van der Waals surface area contributed by atoms with E-state index in [0.717, 1.165) is 25.9 Å². The molecule has 0 saturated carbocycles. The van der Waals surface area contributed by atoms with Crippen LogP contribution in [-0.2, 0) is 4.79 Å². The van der Waals surface area contributed by atoms with Crippen molar-refractivity contribution >= 4 is 12.0 Å². The van der Waals surface area contributed by atoms with Crippen LogP contribution in [-0.4, -0.2) is 66.7 Å². The number of likely N-dealkylation sites (tertiary alicyclic amines) is 1. The van der Waals surface area contributed by atoms with Gasteiger partial charge in [0.1, 0.15) is 6.04 Å². The molecule has 21 heavy (non-hydrogen) atoms. The number of carboxylic acid groups (broad SMARTS) is 1. The van der Waals surface area contributed by atoms with Crippen molar-refractivity contribution in [2.45, 2.75) is 39.7 Å². The van der Waals surface area contributed by atoms with Gasteiger partial charge in [-0.2, -0.15) is 0 Å². The Balaban J connectivity index is 2.52. The smallest absolute Gasteiger partial charge is 0.326 e. The third kappa shape index (κ3) is 5.53. The number of carbonyl (C=O) groups is 2. The Labute approximate surface area is 127 Å². The van der Waals surface area contributed by atoms with Gasteiger partial charge in [-0.15, -0.1) is 0 Å². The highest BCUT2D eigenvalue weighted by atomic mass is 16.4. The minimum absolute atomic E-state index is 0.309. The van der Waals surface area contributed by atoms with Crippen molar-refractivity contribution in [3.8, 4) is 0 Å². The molecule has 0 unspecified atom stereocenters. The maximum Gasteiger partial charge on any atom is 0.326 e. The Kier molecular flexibility index (Phi) is 6.01. The average molecular weight is 299 g/mol. The average Bonchev–Trinajstić information content (AvgIpc) is 2.36. The molecule has 2 N–H and O–H groups in total. The summed E-state index contributed by atoms with van der Waals surface area (Å²) in [6, 6.07) is -1.19. The molecule has 1 rings (SSSR count). The van der Waals surface area contributed by atoms with Crippen LogP contribution in [0.2, 0.25) is 0 Å². The van der Waals surface area contributed by atoms with E-state index >= 15 is 0 Å². The highest BCUT2D eigenvalue weighted by Crippen LogP contribution is 2.20. The molecule has 122 valence electrons. The van der Waals surface area contributed by atoms with Crippen LogP contribution in [0.5, 0.6) is 0 Å². The first-order chi connectivity index (χ1) is 9.61. The van der Waals surface area contributed by atoms with Gasteiger partial charge in [-0.3, -0.25) is 0 Å². The Bertz CT molecular complexity index is 371. The van der Waals surface area contributed by atoms with Crippen LogP contribution in [0.1, 0.15) is 33.6 Å². The van der Waals surface area contributed by atoms with E-state index in [9.17, 15) is 14.7 Å². The fourth-order valence-electron chi connectivity index (χ4n) is 2.60. The lowest BCUT2D eigenvalue weighted by atomic mass is 9.87. The molecule has 1 atom stereocenters. The zero-order valence-electron chi connectivity index (χ0n) is 13.8. The van der Waals surface area contributed by atoms with Gasteiger partial charge < -0.3 is 20.2 Å². The summed E-state index contributed by atoms with van der Waals surface area (Å²) in [6.45, 7) is 8.21. The van der Waals surface area contributed by atoms with Crippen LogP contribution in [0, 0.1) is 11.3 Å². The summed E-state index contributed by atoms with van der Waals surface area (Å²) in [7, 11) is 3.84. The van der Waals surface area contributed by atoms with Gasteiger partial charge in [-0.1, -0.05) is 20.8 Å². The molecule has 0 aromatic carbocycles. The molecule has 2 amide bonds. The number of amides is 2. The molecule has 6 heteroatoms. The number of carboxylic acids is 1. The van der Waals surface area contributed by atoms with Crippen LogP contribution in [0.15, 0.2) is 0 Å². The van der Waals surface area contributed by atoms with Crippen molar-refractivity contribution < 1.29 is 14.7 Å². The van der Waals surface area contributed by atoms with E-state index in [1.165, 1.54) is 0 Å². The molecule has 0 radical (unpaired) electrons. The minimum atomic E-state index is -0.997. The molecule has 6 nitrogen and oxygen atoms in total. The van der Waals surface area contributed by atoms with Gasteiger partial charge >= 0.3 is 12.0 Å². The fraction of sp³-hybridized carbons (Fsp3) is 0.867. The third-order valence-corrected chi connectivity index (χ3v) is 4.10. The third-order valence-electron chi connectivity index (χ3n) is 4.10. The SMILES string of the molecule is CN1CCC(CN(C)C(=O)N[C@@H](C(=O)O)C(C)(C)C)CC1. The molecule has 0 aliphatic carbocycles. The van der Waals surface area contributed by atoms with E-state index in [1.54, 1.807) is 11.9 Å². The first-order valence-corrected chi connectivity index (χ1v) is 7.54. The molecule has 0 aromatic heterocycles. The molecule has 1 aliphatic heterocycles.